The van der Waals surface area contributed by atoms with E-state index in [1.54, 1.807) is 7.11 Å². The molecule has 1 N–H and O–H groups in total. The molecule has 21 heavy (non-hydrogen) atoms. The molecule has 0 aromatic carbocycles. The van der Waals surface area contributed by atoms with E-state index in [9.17, 15) is 0 Å². The summed E-state index contributed by atoms with van der Waals surface area (Å²) in [5.74, 6) is 2.84. The van der Waals surface area contributed by atoms with Crippen LogP contribution in [0.15, 0.2) is 6.07 Å². The molecule has 0 amide bonds. The van der Waals surface area contributed by atoms with Gasteiger partial charge in [-0.15, -0.1) is 0 Å². The maximum absolute atomic E-state index is 5.44. The van der Waals surface area contributed by atoms with Crippen LogP contribution in [0.4, 0.5) is 11.6 Å². The standard InChI is InChI=1S/C16H28N4O/c1-6-17-13-11-14(19-15(18-13)16(2,3)4)20-9-7-12(21-5)8-10-20/h11-12H,6-10H2,1-5H3,(H,17,18,19). The van der Waals surface area contributed by atoms with Crippen LogP contribution >= 0.6 is 0 Å². The number of nitrogens with one attached hydrogen (secondary N) is 1. The number of hydrogen-bond acceptors (Lipinski definition) is 5. The molecule has 0 bridgehead atoms. The Kier molecular flexibility index (Phi) is 5.04. The number of aromatic nitrogens is 2. The molecule has 1 saturated heterocycles. The third kappa shape index (κ3) is 4.06. The highest BCUT2D eigenvalue weighted by Crippen LogP contribution is 2.26. The van der Waals surface area contributed by atoms with Gasteiger partial charge in [0.25, 0.3) is 0 Å². The van der Waals surface area contributed by atoms with Gasteiger partial charge in [-0.3, -0.25) is 0 Å². The second-order valence-electron chi connectivity index (χ2n) is 6.64. The minimum atomic E-state index is -0.0506. The SMILES string of the molecule is CCNc1cc(N2CCC(OC)CC2)nc(C(C)(C)C)n1. The van der Waals surface area contributed by atoms with E-state index in [1.165, 1.54) is 0 Å². The van der Waals surface area contributed by atoms with Crippen molar-refractivity contribution in [2.75, 3.05) is 37.0 Å². The average Bonchev–Trinajstić information content (AvgIpc) is 2.46. The number of methoxy groups -OCH3 is 1. The maximum atomic E-state index is 5.44. The van der Waals surface area contributed by atoms with E-state index in [2.05, 4.69) is 49.0 Å². The Balaban J connectivity index is 2.24. The smallest absolute Gasteiger partial charge is 0.138 e. The van der Waals surface area contributed by atoms with Crippen molar-refractivity contribution in [3.63, 3.8) is 0 Å². The van der Waals surface area contributed by atoms with Crippen LogP contribution in [-0.2, 0) is 10.2 Å². The van der Waals surface area contributed by atoms with Crippen molar-refractivity contribution in [2.24, 2.45) is 0 Å². The van der Waals surface area contributed by atoms with Crippen LogP contribution in [0.1, 0.15) is 46.4 Å². The topological polar surface area (TPSA) is 50.3 Å². The molecule has 1 aliphatic rings. The summed E-state index contributed by atoms with van der Waals surface area (Å²) in [4.78, 5) is 11.8. The van der Waals surface area contributed by atoms with Crippen LogP contribution in [0.5, 0.6) is 0 Å². The van der Waals surface area contributed by atoms with Crippen molar-refractivity contribution in [3.8, 4) is 0 Å². The maximum Gasteiger partial charge on any atom is 0.138 e. The largest absolute Gasteiger partial charge is 0.381 e. The number of anilines is 2. The highest BCUT2D eigenvalue weighted by atomic mass is 16.5. The Hall–Kier alpha value is -1.36. The molecule has 1 aromatic rings. The van der Waals surface area contributed by atoms with Gasteiger partial charge in [-0.25, -0.2) is 9.97 Å². The quantitative estimate of drug-likeness (QED) is 0.925. The van der Waals surface area contributed by atoms with Crippen molar-refractivity contribution < 1.29 is 4.74 Å². The summed E-state index contributed by atoms with van der Waals surface area (Å²) < 4.78 is 5.44. The van der Waals surface area contributed by atoms with Crippen LogP contribution in [-0.4, -0.2) is 42.8 Å². The Morgan fingerprint density at radius 1 is 1.29 bits per heavy atom. The fraction of sp³-hybridized carbons (Fsp3) is 0.750. The van der Waals surface area contributed by atoms with Crippen molar-refractivity contribution in [2.45, 2.75) is 52.1 Å². The van der Waals surface area contributed by atoms with E-state index in [1.807, 2.05) is 0 Å². The molecule has 0 radical (unpaired) electrons. The number of rotatable bonds is 4. The van der Waals surface area contributed by atoms with E-state index >= 15 is 0 Å². The van der Waals surface area contributed by atoms with Crippen LogP contribution in [0.2, 0.25) is 0 Å². The molecule has 1 aliphatic heterocycles. The summed E-state index contributed by atoms with van der Waals surface area (Å²) in [5.41, 5.74) is -0.0506. The molecule has 0 unspecified atom stereocenters. The molecule has 2 heterocycles. The Labute approximate surface area is 128 Å². The first-order chi connectivity index (χ1) is 9.94. The molecule has 0 spiro atoms. The molecule has 2 rings (SSSR count). The summed E-state index contributed by atoms with van der Waals surface area (Å²) in [6.45, 7) is 11.4. The minimum absolute atomic E-state index is 0.0506. The van der Waals surface area contributed by atoms with Gasteiger partial charge >= 0.3 is 0 Å². The van der Waals surface area contributed by atoms with Gasteiger partial charge in [0.2, 0.25) is 0 Å². The molecule has 0 aliphatic carbocycles. The first kappa shape index (κ1) is 16.0. The van der Waals surface area contributed by atoms with Gasteiger partial charge in [-0.05, 0) is 19.8 Å². The highest BCUT2D eigenvalue weighted by Gasteiger charge is 2.23. The van der Waals surface area contributed by atoms with Gasteiger partial charge in [0.1, 0.15) is 17.5 Å². The van der Waals surface area contributed by atoms with E-state index in [4.69, 9.17) is 9.72 Å². The molecule has 5 heteroatoms. The summed E-state index contributed by atoms with van der Waals surface area (Å²) in [6.07, 6.45) is 2.50. The zero-order chi connectivity index (χ0) is 15.5. The molecule has 0 saturated carbocycles. The highest BCUT2D eigenvalue weighted by molar-refractivity contribution is 5.50. The third-order valence-electron chi connectivity index (χ3n) is 3.84. The monoisotopic (exact) mass is 292 g/mol. The van der Waals surface area contributed by atoms with Gasteiger partial charge in [0, 0.05) is 38.2 Å². The zero-order valence-electron chi connectivity index (χ0n) is 13.9. The summed E-state index contributed by atoms with van der Waals surface area (Å²) in [7, 11) is 1.80. The van der Waals surface area contributed by atoms with Crippen LogP contribution in [0, 0.1) is 0 Å². The predicted octanol–water partition coefficient (Wildman–Crippen LogP) is 2.82. The average molecular weight is 292 g/mol. The summed E-state index contributed by atoms with van der Waals surface area (Å²) >= 11 is 0. The Morgan fingerprint density at radius 3 is 2.48 bits per heavy atom. The number of piperidine rings is 1. The van der Waals surface area contributed by atoms with Crippen molar-refractivity contribution in [3.05, 3.63) is 11.9 Å². The molecule has 1 fully saturated rings. The number of nitrogens with zero attached hydrogens (tertiary/aromatic N) is 3. The number of ether oxygens (including phenoxy) is 1. The summed E-state index contributed by atoms with van der Waals surface area (Å²) in [6, 6.07) is 2.06. The first-order valence-corrected chi connectivity index (χ1v) is 7.85. The van der Waals surface area contributed by atoms with Gasteiger partial charge in [0.05, 0.1) is 6.10 Å². The van der Waals surface area contributed by atoms with Crippen LogP contribution < -0.4 is 10.2 Å². The normalized spacial score (nSPS) is 17.1. The van der Waals surface area contributed by atoms with Crippen molar-refractivity contribution in [1.82, 2.24) is 9.97 Å². The Morgan fingerprint density at radius 2 is 1.95 bits per heavy atom. The minimum Gasteiger partial charge on any atom is -0.381 e. The van der Waals surface area contributed by atoms with E-state index in [0.717, 1.165) is 49.9 Å². The lowest BCUT2D eigenvalue weighted by Crippen LogP contribution is -2.37. The Bertz CT molecular complexity index is 462. The first-order valence-electron chi connectivity index (χ1n) is 7.85. The fourth-order valence-electron chi connectivity index (χ4n) is 2.52. The lowest BCUT2D eigenvalue weighted by molar-refractivity contribution is 0.0818. The lowest BCUT2D eigenvalue weighted by atomic mass is 9.95. The molecule has 1 aromatic heterocycles. The van der Waals surface area contributed by atoms with Crippen LogP contribution in [0.3, 0.4) is 0 Å². The van der Waals surface area contributed by atoms with Crippen molar-refractivity contribution >= 4 is 11.6 Å². The summed E-state index contributed by atoms with van der Waals surface area (Å²) in [5, 5.41) is 3.32. The predicted molar refractivity (Wildman–Crippen MR) is 87.1 cm³/mol. The molecule has 118 valence electrons. The van der Waals surface area contributed by atoms with Gasteiger partial charge in [-0.1, -0.05) is 20.8 Å². The molecular weight excluding hydrogens is 264 g/mol. The van der Waals surface area contributed by atoms with E-state index in [-0.39, 0.29) is 5.41 Å². The second kappa shape index (κ2) is 6.60. The van der Waals surface area contributed by atoms with Gasteiger partial charge in [0.15, 0.2) is 0 Å². The number of hydrogen-bond donors (Lipinski definition) is 1. The molecule has 0 atom stereocenters. The fourth-order valence-corrected chi connectivity index (χ4v) is 2.52. The van der Waals surface area contributed by atoms with E-state index in [0.29, 0.717) is 6.10 Å². The molecule has 5 nitrogen and oxygen atoms in total. The lowest BCUT2D eigenvalue weighted by Gasteiger charge is -2.33. The third-order valence-corrected chi connectivity index (χ3v) is 3.84. The molecular formula is C16H28N4O. The second-order valence-corrected chi connectivity index (χ2v) is 6.64. The zero-order valence-corrected chi connectivity index (χ0v) is 13.9. The van der Waals surface area contributed by atoms with Gasteiger partial charge < -0.3 is 15.0 Å². The van der Waals surface area contributed by atoms with Crippen molar-refractivity contribution in [1.29, 1.82) is 0 Å². The van der Waals surface area contributed by atoms with Crippen LogP contribution in [0.25, 0.3) is 0 Å². The van der Waals surface area contributed by atoms with E-state index < -0.39 is 0 Å². The van der Waals surface area contributed by atoms with Gasteiger partial charge in [-0.2, -0.15) is 0 Å².